The van der Waals surface area contributed by atoms with Gasteiger partial charge >= 0.3 is 0 Å². The van der Waals surface area contributed by atoms with Crippen molar-refractivity contribution in [1.82, 2.24) is 10.6 Å². The van der Waals surface area contributed by atoms with Gasteiger partial charge in [0.2, 0.25) is 0 Å². The van der Waals surface area contributed by atoms with Crippen molar-refractivity contribution in [3.05, 3.63) is 0 Å². The molecule has 0 bridgehead atoms. The van der Waals surface area contributed by atoms with Crippen LogP contribution >= 0.6 is 24.0 Å². The molecule has 0 aliphatic heterocycles. The van der Waals surface area contributed by atoms with Crippen LogP contribution in [0.4, 0.5) is 0 Å². The Labute approximate surface area is 153 Å². The third kappa shape index (κ3) is 7.99. The molecule has 2 rings (SSSR count). The first-order chi connectivity index (χ1) is 10.3. The minimum Gasteiger partial charge on any atom is -0.378 e. The molecule has 0 saturated heterocycles. The van der Waals surface area contributed by atoms with Crippen LogP contribution in [0.3, 0.4) is 0 Å². The normalized spacial score (nSPS) is 25.5. The molecule has 2 unspecified atom stereocenters. The van der Waals surface area contributed by atoms with E-state index in [9.17, 15) is 0 Å². The van der Waals surface area contributed by atoms with Crippen LogP contribution in [0.5, 0.6) is 0 Å². The van der Waals surface area contributed by atoms with Crippen molar-refractivity contribution in [2.45, 2.75) is 76.9 Å². The molecule has 2 saturated carbocycles. The lowest BCUT2D eigenvalue weighted by atomic mass is 9.98. The minimum absolute atomic E-state index is 0. The van der Waals surface area contributed by atoms with Crippen LogP contribution in [0.25, 0.3) is 0 Å². The zero-order chi connectivity index (χ0) is 14.9. The molecule has 2 fully saturated rings. The Balaban J connectivity index is 0.00000242. The number of unbranched alkanes of at least 4 members (excludes halogenated alkanes) is 2. The van der Waals surface area contributed by atoms with Crippen LogP contribution < -0.4 is 10.6 Å². The first kappa shape index (κ1) is 20.0. The highest BCUT2D eigenvalue weighted by Gasteiger charge is 2.33. The van der Waals surface area contributed by atoms with Crippen LogP contribution in [-0.2, 0) is 4.74 Å². The lowest BCUT2D eigenvalue weighted by Crippen LogP contribution is -2.39. The summed E-state index contributed by atoms with van der Waals surface area (Å²) in [4.78, 5) is 4.27. The van der Waals surface area contributed by atoms with Crippen LogP contribution in [-0.4, -0.2) is 38.3 Å². The van der Waals surface area contributed by atoms with Crippen molar-refractivity contribution < 1.29 is 4.74 Å². The molecule has 0 aromatic heterocycles. The van der Waals surface area contributed by atoms with E-state index in [1.165, 1.54) is 57.8 Å². The SMILES string of the molecule is CN=C(NCCCCCOC1CCCCC1)NC1CC1C.I. The summed E-state index contributed by atoms with van der Waals surface area (Å²) in [6.45, 7) is 4.22. The number of hydrogen-bond acceptors (Lipinski definition) is 2. The molecule has 0 aromatic rings. The quantitative estimate of drug-likeness (QED) is 0.271. The van der Waals surface area contributed by atoms with E-state index in [0.717, 1.165) is 25.0 Å². The Morgan fingerprint density at radius 2 is 1.86 bits per heavy atom. The standard InChI is InChI=1S/C17H33N3O.HI/c1-14-13-16(14)20-17(18-2)19-11-7-4-8-12-21-15-9-5-3-6-10-15;/h14-16H,3-13H2,1-2H3,(H2,18,19,20);1H. The number of guanidine groups is 1. The van der Waals surface area contributed by atoms with E-state index >= 15 is 0 Å². The molecule has 0 heterocycles. The molecule has 0 aromatic carbocycles. The molecule has 2 N–H and O–H groups in total. The van der Waals surface area contributed by atoms with E-state index < -0.39 is 0 Å². The summed E-state index contributed by atoms with van der Waals surface area (Å²) < 4.78 is 5.95. The molecule has 22 heavy (non-hydrogen) atoms. The smallest absolute Gasteiger partial charge is 0.191 e. The first-order valence-electron chi connectivity index (χ1n) is 8.88. The minimum atomic E-state index is 0. The van der Waals surface area contributed by atoms with Crippen molar-refractivity contribution in [2.24, 2.45) is 10.9 Å². The number of aliphatic imine (C=N–C) groups is 1. The molecule has 4 nitrogen and oxygen atoms in total. The highest BCUT2D eigenvalue weighted by molar-refractivity contribution is 14.0. The predicted octanol–water partition coefficient (Wildman–Crippen LogP) is 3.70. The van der Waals surface area contributed by atoms with Gasteiger partial charge in [-0.05, 0) is 44.4 Å². The van der Waals surface area contributed by atoms with E-state index in [4.69, 9.17) is 4.74 Å². The van der Waals surface area contributed by atoms with Gasteiger partial charge in [0, 0.05) is 26.2 Å². The van der Waals surface area contributed by atoms with Gasteiger partial charge in [-0.15, -0.1) is 24.0 Å². The fourth-order valence-electron chi connectivity index (χ4n) is 2.99. The molecule has 130 valence electrons. The fourth-order valence-corrected chi connectivity index (χ4v) is 2.99. The molecular weight excluding hydrogens is 389 g/mol. The molecular formula is C17H34IN3O. The monoisotopic (exact) mass is 423 g/mol. The molecule has 0 amide bonds. The summed E-state index contributed by atoms with van der Waals surface area (Å²) in [6, 6.07) is 0.639. The molecule has 2 aliphatic rings. The van der Waals surface area contributed by atoms with Gasteiger partial charge < -0.3 is 15.4 Å². The van der Waals surface area contributed by atoms with Crippen LogP contribution in [0.15, 0.2) is 4.99 Å². The number of hydrogen-bond donors (Lipinski definition) is 2. The summed E-state index contributed by atoms with van der Waals surface area (Å²) in [6.07, 6.45) is 12.1. The van der Waals surface area contributed by atoms with E-state index in [-0.39, 0.29) is 24.0 Å². The number of ether oxygens (including phenoxy) is 1. The molecule has 2 atom stereocenters. The van der Waals surface area contributed by atoms with E-state index in [0.29, 0.717) is 12.1 Å². The number of rotatable bonds is 8. The summed E-state index contributed by atoms with van der Waals surface area (Å²) >= 11 is 0. The highest BCUT2D eigenvalue weighted by Crippen LogP contribution is 2.28. The van der Waals surface area contributed by atoms with Gasteiger partial charge in [-0.1, -0.05) is 26.2 Å². The van der Waals surface area contributed by atoms with E-state index in [2.05, 4.69) is 22.5 Å². The summed E-state index contributed by atoms with van der Waals surface area (Å²) in [5.41, 5.74) is 0. The van der Waals surface area contributed by atoms with Gasteiger partial charge in [-0.3, -0.25) is 4.99 Å². The van der Waals surface area contributed by atoms with E-state index in [1.54, 1.807) is 0 Å². The summed E-state index contributed by atoms with van der Waals surface area (Å²) in [7, 11) is 1.85. The maximum atomic E-state index is 5.95. The number of nitrogens with zero attached hydrogens (tertiary/aromatic N) is 1. The van der Waals surface area contributed by atoms with Crippen molar-refractivity contribution in [1.29, 1.82) is 0 Å². The molecule has 2 aliphatic carbocycles. The maximum Gasteiger partial charge on any atom is 0.191 e. The molecule has 0 radical (unpaired) electrons. The van der Waals surface area contributed by atoms with Gasteiger partial charge in [0.15, 0.2) is 5.96 Å². The van der Waals surface area contributed by atoms with E-state index in [1.807, 2.05) is 7.05 Å². The lowest BCUT2D eigenvalue weighted by Gasteiger charge is -2.21. The third-order valence-electron chi connectivity index (χ3n) is 4.67. The van der Waals surface area contributed by atoms with Crippen LogP contribution in [0.1, 0.15) is 64.7 Å². The van der Waals surface area contributed by atoms with Gasteiger partial charge in [0.1, 0.15) is 0 Å². The molecule has 0 spiro atoms. The van der Waals surface area contributed by atoms with Gasteiger partial charge in [0.25, 0.3) is 0 Å². The largest absolute Gasteiger partial charge is 0.378 e. The maximum absolute atomic E-state index is 5.95. The van der Waals surface area contributed by atoms with Gasteiger partial charge in [-0.25, -0.2) is 0 Å². The Kier molecular flexibility index (Phi) is 10.4. The van der Waals surface area contributed by atoms with Crippen molar-refractivity contribution >= 4 is 29.9 Å². The summed E-state index contributed by atoms with van der Waals surface area (Å²) in [5, 5.41) is 6.85. The topological polar surface area (TPSA) is 45.7 Å². The fraction of sp³-hybridized carbons (Fsp3) is 0.941. The van der Waals surface area contributed by atoms with Crippen molar-refractivity contribution in [3.63, 3.8) is 0 Å². The average Bonchev–Trinajstić information content (AvgIpc) is 3.21. The van der Waals surface area contributed by atoms with Gasteiger partial charge in [-0.2, -0.15) is 0 Å². The summed E-state index contributed by atoms with van der Waals surface area (Å²) in [5.74, 6) is 1.77. The Morgan fingerprint density at radius 3 is 2.50 bits per heavy atom. The van der Waals surface area contributed by atoms with Gasteiger partial charge in [0.05, 0.1) is 6.10 Å². The number of nitrogens with one attached hydrogen (secondary N) is 2. The predicted molar refractivity (Wildman–Crippen MR) is 104 cm³/mol. The Bertz CT molecular complexity index is 319. The second-order valence-corrected chi connectivity index (χ2v) is 6.65. The first-order valence-corrected chi connectivity index (χ1v) is 8.88. The average molecular weight is 423 g/mol. The Morgan fingerprint density at radius 1 is 1.14 bits per heavy atom. The second kappa shape index (κ2) is 11.5. The van der Waals surface area contributed by atoms with Crippen LogP contribution in [0, 0.1) is 5.92 Å². The zero-order valence-corrected chi connectivity index (χ0v) is 16.6. The lowest BCUT2D eigenvalue weighted by molar-refractivity contribution is 0.0264. The van der Waals surface area contributed by atoms with Crippen LogP contribution in [0.2, 0.25) is 0 Å². The van der Waals surface area contributed by atoms with Crippen molar-refractivity contribution in [2.75, 3.05) is 20.2 Å². The number of halogens is 1. The zero-order valence-electron chi connectivity index (χ0n) is 14.3. The third-order valence-corrected chi connectivity index (χ3v) is 4.67. The molecule has 5 heteroatoms. The van der Waals surface area contributed by atoms with Crippen molar-refractivity contribution in [3.8, 4) is 0 Å². The highest BCUT2D eigenvalue weighted by atomic mass is 127. The second-order valence-electron chi connectivity index (χ2n) is 6.65. The Hall–Kier alpha value is -0.0400.